The average molecular weight is 330 g/mol. The van der Waals surface area contributed by atoms with Gasteiger partial charge in [0, 0.05) is 31.6 Å². The van der Waals surface area contributed by atoms with Crippen LogP contribution in [-0.4, -0.2) is 50.1 Å². The zero-order chi connectivity index (χ0) is 16.6. The molecule has 2 heterocycles. The fourth-order valence-corrected chi connectivity index (χ4v) is 3.65. The first-order valence-electron chi connectivity index (χ1n) is 7.40. The van der Waals surface area contributed by atoms with Gasteiger partial charge in [-0.05, 0) is 24.6 Å². The van der Waals surface area contributed by atoms with Gasteiger partial charge >= 0.3 is 0 Å². The van der Waals surface area contributed by atoms with Crippen LogP contribution >= 0.6 is 0 Å². The van der Waals surface area contributed by atoms with Crippen LogP contribution in [0.2, 0.25) is 0 Å². The minimum Gasteiger partial charge on any atom is -0.353 e. The molecular weight excluding hydrogens is 312 g/mol. The fourth-order valence-electron chi connectivity index (χ4n) is 2.82. The maximum absolute atomic E-state index is 11.6. The summed E-state index contributed by atoms with van der Waals surface area (Å²) in [7, 11) is -3.17. The Balaban J connectivity index is 1.95. The van der Waals surface area contributed by atoms with Crippen molar-refractivity contribution in [3.63, 3.8) is 0 Å². The Bertz CT molecular complexity index is 894. The SMILES string of the molecule is Cc1ccc2cc(C#N)c(N3CCN(S(C)(=O)=O)CC3)nc2c1. The second-order valence-electron chi connectivity index (χ2n) is 5.82. The molecule has 1 aliphatic heterocycles. The van der Waals surface area contributed by atoms with Gasteiger partial charge in [-0.3, -0.25) is 0 Å². The number of hydrogen-bond donors (Lipinski definition) is 0. The number of nitriles is 1. The number of piperazine rings is 1. The van der Waals surface area contributed by atoms with Crippen LogP contribution in [0.15, 0.2) is 24.3 Å². The van der Waals surface area contributed by atoms with Gasteiger partial charge < -0.3 is 4.90 Å². The average Bonchev–Trinajstić information content (AvgIpc) is 2.53. The highest BCUT2D eigenvalue weighted by molar-refractivity contribution is 7.88. The number of pyridine rings is 1. The van der Waals surface area contributed by atoms with E-state index in [9.17, 15) is 13.7 Å². The van der Waals surface area contributed by atoms with Crippen LogP contribution in [0, 0.1) is 18.3 Å². The van der Waals surface area contributed by atoms with Crippen LogP contribution in [0.25, 0.3) is 10.9 Å². The van der Waals surface area contributed by atoms with E-state index in [1.807, 2.05) is 36.1 Å². The lowest BCUT2D eigenvalue weighted by Gasteiger charge is -2.34. The minimum atomic E-state index is -3.17. The van der Waals surface area contributed by atoms with Crippen molar-refractivity contribution in [2.45, 2.75) is 6.92 Å². The van der Waals surface area contributed by atoms with Crippen LogP contribution < -0.4 is 4.90 Å². The van der Waals surface area contributed by atoms with Gasteiger partial charge in [-0.25, -0.2) is 13.4 Å². The lowest BCUT2D eigenvalue weighted by atomic mass is 10.1. The van der Waals surface area contributed by atoms with Crippen molar-refractivity contribution >= 4 is 26.7 Å². The van der Waals surface area contributed by atoms with Crippen molar-refractivity contribution in [1.29, 1.82) is 5.26 Å². The van der Waals surface area contributed by atoms with Gasteiger partial charge in [-0.15, -0.1) is 0 Å². The van der Waals surface area contributed by atoms with Gasteiger partial charge in [0.1, 0.15) is 11.9 Å². The molecule has 1 fully saturated rings. The highest BCUT2D eigenvalue weighted by Gasteiger charge is 2.25. The molecule has 0 unspecified atom stereocenters. The molecule has 23 heavy (non-hydrogen) atoms. The number of fused-ring (bicyclic) bond motifs is 1. The van der Waals surface area contributed by atoms with E-state index in [1.54, 1.807) is 0 Å². The molecule has 120 valence electrons. The number of rotatable bonds is 2. The second-order valence-corrected chi connectivity index (χ2v) is 7.80. The Morgan fingerprint density at radius 3 is 2.48 bits per heavy atom. The molecule has 6 nitrogen and oxygen atoms in total. The quantitative estimate of drug-likeness (QED) is 0.834. The smallest absolute Gasteiger partial charge is 0.211 e. The molecule has 1 aliphatic rings. The zero-order valence-electron chi connectivity index (χ0n) is 13.2. The molecule has 0 N–H and O–H groups in total. The van der Waals surface area contributed by atoms with E-state index in [1.165, 1.54) is 10.6 Å². The van der Waals surface area contributed by atoms with Crippen molar-refractivity contribution in [3.8, 4) is 6.07 Å². The number of aromatic nitrogens is 1. The van der Waals surface area contributed by atoms with Crippen molar-refractivity contribution in [2.24, 2.45) is 0 Å². The summed E-state index contributed by atoms with van der Waals surface area (Å²) in [4.78, 5) is 6.64. The lowest BCUT2D eigenvalue weighted by Crippen LogP contribution is -2.48. The third-order valence-electron chi connectivity index (χ3n) is 4.08. The van der Waals surface area contributed by atoms with E-state index in [2.05, 4.69) is 11.1 Å². The Kier molecular flexibility index (Phi) is 3.96. The Morgan fingerprint density at radius 2 is 1.87 bits per heavy atom. The number of benzene rings is 1. The van der Waals surface area contributed by atoms with Gasteiger partial charge in [0.15, 0.2) is 0 Å². The monoisotopic (exact) mass is 330 g/mol. The van der Waals surface area contributed by atoms with E-state index < -0.39 is 10.0 Å². The Hall–Kier alpha value is -2.17. The topological polar surface area (TPSA) is 77.3 Å². The molecule has 3 rings (SSSR count). The number of sulfonamides is 1. The summed E-state index contributed by atoms with van der Waals surface area (Å²) < 4.78 is 24.7. The Labute approximate surface area is 136 Å². The van der Waals surface area contributed by atoms with Crippen molar-refractivity contribution in [3.05, 3.63) is 35.4 Å². The third kappa shape index (κ3) is 3.14. The number of nitrogens with zero attached hydrogens (tertiary/aromatic N) is 4. The second kappa shape index (κ2) is 5.80. The molecule has 7 heteroatoms. The van der Waals surface area contributed by atoms with Gasteiger partial charge in [-0.2, -0.15) is 9.57 Å². The molecular formula is C16H18N4O2S. The first-order valence-corrected chi connectivity index (χ1v) is 9.25. The summed E-state index contributed by atoms with van der Waals surface area (Å²) in [5.41, 5.74) is 2.49. The van der Waals surface area contributed by atoms with Gasteiger partial charge in [0.25, 0.3) is 0 Å². The van der Waals surface area contributed by atoms with Crippen LogP contribution in [0.4, 0.5) is 5.82 Å². The normalized spacial score (nSPS) is 16.5. The van der Waals surface area contributed by atoms with E-state index >= 15 is 0 Å². The summed E-state index contributed by atoms with van der Waals surface area (Å²) in [6, 6.07) is 10.0. The van der Waals surface area contributed by atoms with Crippen molar-refractivity contribution in [2.75, 3.05) is 37.3 Å². The largest absolute Gasteiger partial charge is 0.353 e. The molecule has 0 atom stereocenters. The van der Waals surface area contributed by atoms with Gasteiger partial charge in [-0.1, -0.05) is 12.1 Å². The highest BCUT2D eigenvalue weighted by atomic mass is 32.2. The van der Waals surface area contributed by atoms with Gasteiger partial charge in [0.05, 0.1) is 17.3 Å². The lowest BCUT2D eigenvalue weighted by molar-refractivity contribution is 0.387. The molecule has 0 radical (unpaired) electrons. The van der Waals surface area contributed by atoms with E-state index in [0.717, 1.165) is 16.5 Å². The Morgan fingerprint density at radius 1 is 1.17 bits per heavy atom. The minimum absolute atomic E-state index is 0.414. The first kappa shape index (κ1) is 15.7. The van der Waals surface area contributed by atoms with Crippen LogP contribution in [-0.2, 0) is 10.0 Å². The fraction of sp³-hybridized carbons (Fsp3) is 0.375. The van der Waals surface area contributed by atoms with E-state index in [4.69, 9.17) is 0 Å². The first-order chi connectivity index (χ1) is 10.9. The zero-order valence-corrected chi connectivity index (χ0v) is 14.0. The van der Waals surface area contributed by atoms with Crippen LogP contribution in [0.3, 0.4) is 0 Å². The van der Waals surface area contributed by atoms with Crippen molar-refractivity contribution < 1.29 is 8.42 Å². The summed E-state index contributed by atoms with van der Waals surface area (Å²) >= 11 is 0. The predicted molar refractivity (Wildman–Crippen MR) is 89.8 cm³/mol. The molecule has 0 spiro atoms. The molecule has 0 saturated carbocycles. The maximum atomic E-state index is 11.6. The predicted octanol–water partition coefficient (Wildman–Crippen LogP) is 1.50. The summed E-state index contributed by atoms with van der Waals surface area (Å²) in [5.74, 6) is 0.638. The standard InChI is InChI=1S/C16H18N4O2S/c1-12-3-4-13-10-14(11-17)16(18-15(13)9-12)19-5-7-20(8-6-19)23(2,21)22/h3-4,9-10H,5-8H2,1-2H3. The maximum Gasteiger partial charge on any atom is 0.211 e. The highest BCUT2D eigenvalue weighted by Crippen LogP contribution is 2.25. The van der Waals surface area contributed by atoms with E-state index in [-0.39, 0.29) is 0 Å². The third-order valence-corrected chi connectivity index (χ3v) is 5.38. The van der Waals surface area contributed by atoms with E-state index in [0.29, 0.717) is 37.6 Å². The van der Waals surface area contributed by atoms with Crippen molar-refractivity contribution in [1.82, 2.24) is 9.29 Å². The molecule has 1 aromatic heterocycles. The summed E-state index contributed by atoms with van der Waals surface area (Å²) in [5, 5.41) is 10.4. The van der Waals surface area contributed by atoms with Crippen LogP contribution in [0.5, 0.6) is 0 Å². The van der Waals surface area contributed by atoms with Gasteiger partial charge in [0.2, 0.25) is 10.0 Å². The van der Waals surface area contributed by atoms with Crippen LogP contribution in [0.1, 0.15) is 11.1 Å². The number of anilines is 1. The molecule has 0 aliphatic carbocycles. The molecule has 1 saturated heterocycles. The number of aryl methyl sites for hydroxylation is 1. The molecule has 0 amide bonds. The molecule has 1 aromatic carbocycles. The molecule has 2 aromatic rings. The molecule has 0 bridgehead atoms. The summed E-state index contributed by atoms with van der Waals surface area (Å²) in [6.45, 7) is 3.90. The number of hydrogen-bond acceptors (Lipinski definition) is 5. The summed E-state index contributed by atoms with van der Waals surface area (Å²) in [6.07, 6.45) is 1.22.